The number of aromatic nitrogens is 1. The molecule has 0 unspecified atom stereocenters. The minimum atomic E-state index is -0.535. The highest BCUT2D eigenvalue weighted by molar-refractivity contribution is 9.10. The van der Waals surface area contributed by atoms with Crippen LogP contribution in [0.3, 0.4) is 0 Å². The number of esters is 1. The Kier molecular flexibility index (Phi) is 4.70. The molecule has 0 aromatic carbocycles. The van der Waals surface area contributed by atoms with Gasteiger partial charge in [0.1, 0.15) is 11.7 Å². The Hall–Kier alpha value is -1.14. The predicted molar refractivity (Wildman–Crippen MR) is 61.3 cm³/mol. The first-order valence-corrected chi connectivity index (χ1v) is 5.37. The van der Waals surface area contributed by atoms with Crippen molar-refractivity contribution in [3.63, 3.8) is 0 Å². The lowest BCUT2D eigenvalue weighted by Crippen LogP contribution is -2.30. The third-order valence-corrected chi connectivity index (χ3v) is 2.41. The lowest BCUT2D eigenvalue weighted by Gasteiger charge is -2.05. The van der Waals surface area contributed by atoms with Gasteiger partial charge in [0, 0.05) is 10.7 Å². The summed E-state index contributed by atoms with van der Waals surface area (Å²) in [6.07, 6.45) is 1.47. The fourth-order valence-electron chi connectivity index (χ4n) is 0.902. The van der Waals surface area contributed by atoms with Gasteiger partial charge < -0.3 is 10.1 Å². The SMILES string of the molecule is COC(=O)CNC(=O)c1cc(Br)cnc1Cl. The fourth-order valence-corrected chi connectivity index (χ4v) is 1.42. The van der Waals surface area contributed by atoms with Gasteiger partial charge in [0.05, 0.1) is 12.7 Å². The number of hydrogen-bond acceptors (Lipinski definition) is 4. The summed E-state index contributed by atoms with van der Waals surface area (Å²) in [6, 6.07) is 1.52. The van der Waals surface area contributed by atoms with Crippen molar-refractivity contribution in [2.45, 2.75) is 0 Å². The molecule has 1 aromatic heterocycles. The Morgan fingerprint density at radius 3 is 2.94 bits per heavy atom. The number of pyridine rings is 1. The molecule has 0 bridgehead atoms. The summed E-state index contributed by atoms with van der Waals surface area (Å²) in [4.78, 5) is 26.2. The number of carbonyl (C=O) groups excluding carboxylic acids is 2. The van der Waals surface area contributed by atoms with Crippen LogP contribution in [0.15, 0.2) is 16.7 Å². The molecule has 0 spiro atoms. The Balaban J connectivity index is 2.73. The van der Waals surface area contributed by atoms with Gasteiger partial charge in [0.15, 0.2) is 0 Å². The van der Waals surface area contributed by atoms with Crippen LogP contribution in [0.2, 0.25) is 5.15 Å². The van der Waals surface area contributed by atoms with Crippen LogP contribution < -0.4 is 5.32 Å². The van der Waals surface area contributed by atoms with Gasteiger partial charge in [-0.25, -0.2) is 4.98 Å². The molecule has 0 fully saturated rings. The highest BCUT2D eigenvalue weighted by Gasteiger charge is 2.13. The third-order valence-electron chi connectivity index (χ3n) is 1.67. The lowest BCUT2D eigenvalue weighted by atomic mass is 10.2. The standard InChI is InChI=1S/C9H8BrClN2O3/c1-16-7(14)4-13-9(15)6-2-5(10)3-12-8(6)11/h2-3H,4H2,1H3,(H,13,15). The largest absolute Gasteiger partial charge is 0.468 e. The van der Waals surface area contributed by atoms with Gasteiger partial charge in [-0.1, -0.05) is 11.6 Å². The van der Waals surface area contributed by atoms with Gasteiger partial charge in [0.2, 0.25) is 0 Å². The van der Waals surface area contributed by atoms with E-state index in [-0.39, 0.29) is 17.3 Å². The number of rotatable bonds is 3. The van der Waals surface area contributed by atoms with Gasteiger partial charge in [-0.3, -0.25) is 9.59 Å². The first-order chi connectivity index (χ1) is 7.54. The summed E-state index contributed by atoms with van der Waals surface area (Å²) in [5, 5.41) is 2.43. The van der Waals surface area contributed by atoms with E-state index in [0.717, 1.165) is 0 Å². The zero-order valence-corrected chi connectivity index (χ0v) is 10.6. The molecule has 1 aromatic rings. The van der Waals surface area contributed by atoms with Crippen LogP contribution in [-0.4, -0.2) is 30.5 Å². The predicted octanol–water partition coefficient (Wildman–Crippen LogP) is 1.40. The second kappa shape index (κ2) is 5.81. The zero-order chi connectivity index (χ0) is 12.1. The molecule has 86 valence electrons. The summed E-state index contributed by atoms with van der Waals surface area (Å²) >= 11 is 8.90. The second-order valence-electron chi connectivity index (χ2n) is 2.75. The Morgan fingerprint density at radius 2 is 2.31 bits per heavy atom. The monoisotopic (exact) mass is 306 g/mol. The molecule has 5 nitrogen and oxygen atoms in total. The van der Waals surface area contributed by atoms with E-state index in [1.165, 1.54) is 19.4 Å². The molecule has 0 aliphatic heterocycles. The normalized spacial score (nSPS) is 9.69. The van der Waals surface area contributed by atoms with Crippen molar-refractivity contribution in [1.82, 2.24) is 10.3 Å². The molecule has 7 heteroatoms. The van der Waals surface area contributed by atoms with Crippen LogP contribution in [0.4, 0.5) is 0 Å². The highest BCUT2D eigenvalue weighted by Crippen LogP contribution is 2.17. The van der Waals surface area contributed by atoms with Crippen molar-refractivity contribution in [3.8, 4) is 0 Å². The molecule has 1 rings (SSSR count). The van der Waals surface area contributed by atoms with Crippen molar-refractivity contribution in [1.29, 1.82) is 0 Å². The van der Waals surface area contributed by atoms with Gasteiger partial charge in [-0.15, -0.1) is 0 Å². The van der Waals surface area contributed by atoms with E-state index in [1.807, 2.05) is 0 Å². The average Bonchev–Trinajstić information content (AvgIpc) is 2.28. The Labute approximate surface area is 105 Å². The maximum absolute atomic E-state index is 11.6. The van der Waals surface area contributed by atoms with Crippen LogP contribution in [-0.2, 0) is 9.53 Å². The molecule has 0 saturated carbocycles. The minimum Gasteiger partial charge on any atom is -0.468 e. The van der Waals surface area contributed by atoms with Crippen molar-refractivity contribution >= 4 is 39.4 Å². The van der Waals surface area contributed by atoms with Crippen LogP contribution in [0.1, 0.15) is 10.4 Å². The summed E-state index contributed by atoms with van der Waals surface area (Å²) in [7, 11) is 1.24. The van der Waals surface area contributed by atoms with Crippen molar-refractivity contribution < 1.29 is 14.3 Å². The summed E-state index contributed by atoms with van der Waals surface area (Å²) in [5.74, 6) is -1.02. The van der Waals surface area contributed by atoms with E-state index in [2.05, 4.69) is 31.0 Å². The van der Waals surface area contributed by atoms with Crippen LogP contribution in [0.5, 0.6) is 0 Å². The van der Waals surface area contributed by atoms with Gasteiger partial charge >= 0.3 is 5.97 Å². The quantitative estimate of drug-likeness (QED) is 0.677. The first-order valence-electron chi connectivity index (χ1n) is 4.20. The van der Waals surface area contributed by atoms with Crippen molar-refractivity contribution in [2.24, 2.45) is 0 Å². The van der Waals surface area contributed by atoms with E-state index >= 15 is 0 Å². The third kappa shape index (κ3) is 3.46. The smallest absolute Gasteiger partial charge is 0.325 e. The molecule has 0 aliphatic carbocycles. The van der Waals surface area contributed by atoms with Crippen molar-refractivity contribution in [3.05, 3.63) is 27.5 Å². The van der Waals surface area contributed by atoms with E-state index in [1.54, 1.807) is 0 Å². The van der Waals surface area contributed by atoms with Gasteiger partial charge in [0.25, 0.3) is 5.91 Å². The second-order valence-corrected chi connectivity index (χ2v) is 4.02. The number of nitrogens with zero attached hydrogens (tertiary/aromatic N) is 1. The molecule has 0 radical (unpaired) electrons. The van der Waals surface area contributed by atoms with Crippen LogP contribution >= 0.6 is 27.5 Å². The topological polar surface area (TPSA) is 68.3 Å². The number of hydrogen-bond donors (Lipinski definition) is 1. The summed E-state index contributed by atoms with van der Waals surface area (Å²) in [5.41, 5.74) is 0.194. The maximum atomic E-state index is 11.6. The number of halogens is 2. The molecule has 0 atom stereocenters. The number of ether oxygens (including phenoxy) is 1. The van der Waals surface area contributed by atoms with Gasteiger partial charge in [-0.2, -0.15) is 0 Å². The number of carbonyl (C=O) groups is 2. The van der Waals surface area contributed by atoms with Crippen molar-refractivity contribution in [2.75, 3.05) is 13.7 Å². The fraction of sp³-hybridized carbons (Fsp3) is 0.222. The van der Waals surface area contributed by atoms with Crippen LogP contribution in [0.25, 0.3) is 0 Å². The van der Waals surface area contributed by atoms with E-state index in [9.17, 15) is 9.59 Å². The maximum Gasteiger partial charge on any atom is 0.325 e. The zero-order valence-electron chi connectivity index (χ0n) is 8.29. The molecule has 0 saturated heterocycles. The molecular formula is C9H8BrClN2O3. The molecule has 0 aliphatic rings. The van der Waals surface area contributed by atoms with E-state index in [0.29, 0.717) is 4.47 Å². The van der Waals surface area contributed by atoms with E-state index < -0.39 is 11.9 Å². The van der Waals surface area contributed by atoms with Crippen LogP contribution in [0, 0.1) is 0 Å². The van der Waals surface area contributed by atoms with E-state index in [4.69, 9.17) is 11.6 Å². The molecule has 1 amide bonds. The number of amides is 1. The Bertz CT molecular complexity index is 425. The average molecular weight is 308 g/mol. The Morgan fingerprint density at radius 1 is 1.62 bits per heavy atom. The highest BCUT2D eigenvalue weighted by atomic mass is 79.9. The molecule has 16 heavy (non-hydrogen) atoms. The summed E-state index contributed by atoms with van der Waals surface area (Å²) in [6.45, 7) is -0.210. The lowest BCUT2D eigenvalue weighted by molar-refractivity contribution is -0.139. The molecular weight excluding hydrogens is 299 g/mol. The first kappa shape index (κ1) is 12.9. The minimum absolute atomic E-state index is 0.0746. The molecule has 1 N–H and O–H groups in total. The van der Waals surface area contributed by atoms with Gasteiger partial charge in [-0.05, 0) is 22.0 Å². The number of methoxy groups -OCH3 is 1. The summed E-state index contributed by atoms with van der Waals surface area (Å²) < 4.78 is 5.00. The molecule has 1 heterocycles. The number of nitrogens with one attached hydrogen (secondary N) is 1.